The zero-order valence-electron chi connectivity index (χ0n) is 19.5. The summed E-state index contributed by atoms with van der Waals surface area (Å²) < 4.78 is 23.0. The molecule has 1 aromatic carbocycles. The standard InChI is InChI=1S/C18H28O3S.C6H11NO2S/c1-3-4-5-6-7-8-11-22(19)15(2)12-16-9-10-17-18(13-16)21-14-20-17;1-2-3-7-5(4-10)6(8)9/h9-10,13,15H,3-8,11-12,14H2,1-2H3;2-3,5,7,10H,4H2,1H3,(H,8,9)/b;3-2-/t;5-/m.0/s1. The lowest BCUT2D eigenvalue weighted by molar-refractivity contribution is -0.138. The van der Waals surface area contributed by atoms with Gasteiger partial charge in [0.1, 0.15) is 6.04 Å². The molecule has 0 aliphatic carbocycles. The van der Waals surface area contributed by atoms with E-state index in [9.17, 15) is 9.00 Å². The third-order valence-corrected chi connectivity index (χ3v) is 7.17. The number of benzene rings is 1. The van der Waals surface area contributed by atoms with Gasteiger partial charge >= 0.3 is 5.97 Å². The predicted molar refractivity (Wildman–Crippen MR) is 135 cm³/mol. The van der Waals surface area contributed by atoms with Gasteiger partial charge in [0.25, 0.3) is 0 Å². The lowest BCUT2D eigenvalue weighted by Crippen LogP contribution is -2.34. The highest BCUT2D eigenvalue weighted by Crippen LogP contribution is 2.33. The number of aliphatic carboxylic acids is 1. The highest BCUT2D eigenvalue weighted by atomic mass is 32.2. The van der Waals surface area contributed by atoms with Gasteiger partial charge in [-0.1, -0.05) is 58.1 Å². The Hall–Kier alpha value is -1.67. The number of ether oxygens (including phenoxy) is 2. The highest BCUT2D eigenvalue weighted by molar-refractivity contribution is 7.85. The smallest absolute Gasteiger partial charge is 0.326 e. The van der Waals surface area contributed by atoms with Crippen molar-refractivity contribution in [3.63, 3.8) is 0 Å². The van der Waals surface area contributed by atoms with Crippen LogP contribution >= 0.6 is 12.6 Å². The second-order valence-electron chi connectivity index (χ2n) is 7.80. The van der Waals surface area contributed by atoms with Crippen molar-refractivity contribution in [2.24, 2.45) is 0 Å². The fraction of sp³-hybridized carbons (Fsp3) is 0.625. The Morgan fingerprint density at radius 2 is 1.91 bits per heavy atom. The molecule has 1 aliphatic rings. The molecule has 1 aliphatic heterocycles. The van der Waals surface area contributed by atoms with E-state index in [1.807, 2.05) is 25.1 Å². The molecule has 2 rings (SSSR count). The number of carbonyl (C=O) groups is 1. The van der Waals surface area contributed by atoms with Crippen LogP contribution in [0.3, 0.4) is 0 Å². The van der Waals surface area contributed by atoms with Crippen LogP contribution in [0.4, 0.5) is 0 Å². The van der Waals surface area contributed by atoms with Crippen LogP contribution in [0.5, 0.6) is 11.5 Å². The van der Waals surface area contributed by atoms with Gasteiger partial charge in [-0.25, -0.2) is 4.79 Å². The summed E-state index contributed by atoms with van der Waals surface area (Å²) >= 11 is 3.85. The van der Waals surface area contributed by atoms with E-state index < -0.39 is 22.8 Å². The number of nitrogens with one attached hydrogen (secondary N) is 1. The van der Waals surface area contributed by atoms with Crippen LogP contribution in [0.25, 0.3) is 0 Å². The molecule has 0 spiro atoms. The van der Waals surface area contributed by atoms with Gasteiger partial charge in [0.2, 0.25) is 6.79 Å². The summed E-state index contributed by atoms with van der Waals surface area (Å²) in [6.45, 7) is 6.42. The zero-order chi connectivity index (χ0) is 23.8. The van der Waals surface area contributed by atoms with E-state index >= 15 is 0 Å². The molecule has 0 bridgehead atoms. The summed E-state index contributed by atoms with van der Waals surface area (Å²) in [7, 11) is -0.743. The highest BCUT2D eigenvalue weighted by Gasteiger charge is 2.16. The molecule has 0 fully saturated rings. The number of allylic oxidation sites excluding steroid dienone is 1. The van der Waals surface area contributed by atoms with E-state index in [2.05, 4.69) is 31.8 Å². The number of rotatable bonds is 14. The summed E-state index contributed by atoms with van der Waals surface area (Å²) in [5.41, 5.74) is 1.17. The van der Waals surface area contributed by atoms with Gasteiger partial charge in [0.05, 0.1) is 0 Å². The van der Waals surface area contributed by atoms with Crippen molar-refractivity contribution < 1.29 is 23.6 Å². The van der Waals surface area contributed by atoms with Crippen LogP contribution in [0.15, 0.2) is 30.5 Å². The zero-order valence-corrected chi connectivity index (χ0v) is 21.3. The molecular formula is C24H39NO5S2. The molecular weight excluding hydrogens is 446 g/mol. The quantitative estimate of drug-likeness (QED) is 0.255. The van der Waals surface area contributed by atoms with Crippen LogP contribution in [0.2, 0.25) is 0 Å². The largest absolute Gasteiger partial charge is 0.480 e. The van der Waals surface area contributed by atoms with E-state index in [0.717, 1.165) is 30.1 Å². The number of unbranched alkanes of at least 4 members (excludes halogenated alkanes) is 5. The van der Waals surface area contributed by atoms with E-state index in [1.165, 1.54) is 37.7 Å². The van der Waals surface area contributed by atoms with Crippen molar-refractivity contribution >= 4 is 29.4 Å². The first-order chi connectivity index (χ1) is 15.4. The second-order valence-corrected chi connectivity index (χ2v) is 10.1. The first-order valence-corrected chi connectivity index (χ1v) is 13.4. The minimum Gasteiger partial charge on any atom is -0.480 e. The van der Waals surface area contributed by atoms with Gasteiger partial charge in [-0.05, 0) is 43.7 Å². The SMILES string of the molecule is C/C=C\N[C@@H](CS)C(=O)O.CCCCCCCCS(=O)C(C)Cc1ccc2c(c1)OCO2. The first kappa shape index (κ1) is 28.4. The maximum Gasteiger partial charge on any atom is 0.326 e. The van der Waals surface area contributed by atoms with Crippen LogP contribution < -0.4 is 14.8 Å². The Labute approximate surface area is 201 Å². The second kappa shape index (κ2) is 16.9. The Balaban J connectivity index is 0.000000433. The topological polar surface area (TPSA) is 84.9 Å². The molecule has 182 valence electrons. The minimum absolute atomic E-state index is 0.191. The third kappa shape index (κ3) is 11.3. The van der Waals surface area contributed by atoms with Gasteiger partial charge in [-0.15, -0.1) is 0 Å². The van der Waals surface area contributed by atoms with E-state index in [0.29, 0.717) is 12.5 Å². The Bertz CT molecular complexity index is 726. The van der Waals surface area contributed by atoms with Crippen molar-refractivity contribution in [1.82, 2.24) is 5.32 Å². The van der Waals surface area contributed by atoms with Gasteiger partial charge in [0, 0.05) is 27.6 Å². The lowest BCUT2D eigenvalue weighted by atomic mass is 10.1. The average Bonchev–Trinajstić information content (AvgIpc) is 3.24. The molecule has 0 saturated heterocycles. The molecule has 2 unspecified atom stereocenters. The predicted octanol–water partition coefficient (Wildman–Crippen LogP) is 4.95. The molecule has 8 heteroatoms. The molecule has 32 heavy (non-hydrogen) atoms. The van der Waals surface area contributed by atoms with E-state index in [4.69, 9.17) is 14.6 Å². The van der Waals surface area contributed by atoms with Gasteiger partial charge in [-0.2, -0.15) is 12.6 Å². The Morgan fingerprint density at radius 3 is 2.56 bits per heavy atom. The fourth-order valence-corrected chi connectivity index (χ4v) is 4.66. The number of hydrogen-bond acceptors (Lipinski definition) is 6. The van der Waals surface area contributed by atoms with Crippen molar-refractivity contribution in [2.75, 3.05) is 18.3 Å². The summed E-state index contributed by atoms with van der Waals surface area (Å²) in [6, 6.07) is 5.42. The fourth-order valence-electron chi connectivity index (χ4n) is 3.13. The van der Waals surface area contributed by atoms with Crippen molar-refractivity contribution in [1.29, 1.82) is 0 Å². The van der Waals surface area contributed by atoms with Gasteiger partial charge in [-0.3, -0.25) is 4.21 Å². The molecule has 3 atom stereocenters. The number of carboxylic acid groups (broad SMARTS) is 1. The number of thiol groups is 1. The summed E-state index contributed by atoms with van der Waals surface area (Å²) in [5.74, 6) is 1.86. The van der Waals surface area contributed by atoms with Crippen molar-refractivity contribution in [3.05, 3.63) is 36.0 Å². The van der Waals surface area contributed by atoms with Crippen molar-refractivity contribution in [2.45, 2.75) is 77.0 Å². The van der Waals surface area contributed by atoms with E-state index in [-0.39, 0.29) is 5.25 Å². The van der Waals surface area contributed by atoms with Crippen molar-refractivity contribution in [3.8, 4) is 11.5 Å². The number of hydrogen-bond donors (Lipinski definition) is 3. The third-order valence-electron chi connectivity index (χ3n) is 5.05. The minimum atomic E-state index is -0.881. The molecule has 2 N–H and O–H groups in total. The maximum absolute atomic E-state index is 12.3. The molecule has 0 aromatic heterocycles. The van der Waals surface area contributed by atoms with E-state index in [1.54, 1.807) is 12.3 Å². The molecule has 0 radical (unpaired) electrons. The average molecular weight is 486 g/mol. The Morgan fingerprint density at radius 1 is 1.22 bits per heavy atom. The monoisotopic (exact) mass is 485 g/mol. The number of fused-ring (bicyclic) bond motifs is 1. The summed E-state index contributed by atoms with van der Waals surface area (Å²) in [5, 5.41) is 11.3. The first-order valence-electron chi connectivity index (χ1n) is 11.4. The lowest BCUT2D eigenvalue weighted by Gasteiger charge is -2.12. The molecule has 0 amide bonds. The van der Waals surface area contributed by atoms with Crippen LogP contribution in [-0.2, 0) is 22.0 Å². The molecule has 1 heterocycles. The van der Waals surface area contributed by atoms with Crippen LogP contribution in [-0.4, -0.2) is 44.9 Å². The van der Waals surface area contributed by atoms with Crippen LogP contribution in [0.1, 0.15) is 64.9 Å². The van der Waals surface area contributed by atoms with Gasteiger partial charge < -0.3 is 19.9 Å². The molecule has 6 nitrogen and oxygen atoms in total. The Kier molecular flexibility index (Phi) is 15.0. The molecule has 1 aromatic rings. The molecule has 0 saturated carbocycles. The maximum atomic E-state index is 12.3. The summed E-state index contributed by atoms with van der Waals surface area (Å²) in [6.07, 6.45) is 11.7. The van der Waals surface area contributed by atoms with Gasteiger partial charge in [0.15, 0.2) is 11.5 Å². The number of carboxylic acids is 1. The summed E-state index contributed by atoms with van der Waals surface area (Å²) in [4.78, 5) is 10.3. The van der Waals surface area contributed by atoms with Crippen LogP contribution in [0, 0.1) is 0 Å². The normalized spacial score (nSPS) is 15.0.